The molecule has 0 aliphatic carbocycles. The largest absolute Gasteiger partial charge is 0.299 e. The van der Waals surface area contributed by atoms with Crippen LogP contribution in [0.1, 0.15) is 18.9 Å². The first-order valence-corrected chi connectivity index (χ1v) is 7.05. The molecule has 1 heterocycles. The molecule has 0 bridgehead atoms. The number of rotatable bonds is 2. The van der Waals surface area contributed by atoms with E-state index in [1.165, 1.54) is 25.1 Å². The number of alkyl halides is 1. The van der Waals surface area contributed by atoms with Crippen molar-refractivity contribution < 1.29 is 0 Å². The van der Waals surface area contributed by atoms with Crippen LogP contribution in [0.15, 0.2) is 24.3 Å². The van der Waals surface area contributed by atoms with Gasteiger partial charge in [-0.1, -0.05) is 46.6 Å². The molecule has 0 N–H and O–H groups in total. The Morgan fingerprint density at radius 3 is 2.69 bits per heavy atom. The molecule has 1 aromatic rings. The fraction of sp³-hybridized carbons (Fsp3) is 0.538. The highest BCUT2D eigenvalue weighted by molar-refractivity contribution is 9.09. The lowest BCUT2D eigenvalue weighted by Gasteiger charge is -2.34. The molecular weight excluding hydrogens is 286 g/mol. The van der Waals surface area contributed by atoms with Crippen molar-refractivity contribution in [2.45, 2.75) is 24.7 Å². The Balaban J connectivity index is 1.93. The second-order valence-electron chi connectivity index (χ2n) is 4.64. The highest BCUT2D eigenvalue weighted by atomic mass is 79.9. The van der Waals surface area contributed by atoms with E-state index in [1.807, 2.05) is 12.1 Å². The molecule has 1 aromatic carbocycles. The van der Waals surface area contributed by atoms with Crippen molar-refractivity contribution in [1.29, 1.82) is 0 Å². The van der Waals surface area contributed by atoms with Crippen LogP contribution in [0.2, 0.25) is 5.02 Å². The summed E-state index contributed by atoms with van der Waals surface area (Å²) in [6.07, 6.45) is 1.24. The van der Waals surface area contributed by atoms with Crippen molar-refractivity contribution in [3.05, 3.63) is 34.9 Å². The lowest BCUT2D eigenvalue weighted by molar-refractivity contribution is 0.183. The van der Waals surface area contributed by atoms with Crippen molar-refractivity contribution in [2.75, 3.05) is 13.1 Å². The first kappa shape index (κ1) is 12.4. The van der Waals surface area contributed by atoms with Gasteiger partial charge in [-0.15, -0.1) is 0 Å². The van der Waals surface area contributed by atoms with Crippen molar-refractivity contribution >= 4 is 27.5 Å². The van der Waals surface area contributed by atoms with Crippen LogP contribution in [0, 0.1) is 5.92 Å². The van der Waals surface area contributed by atoms with E-state index in [1.54, 1.807) is 0 Å². The third-order valence-corrected chi connectivity index (χ3v) is 4.82. The molecule has 2 atom stereocenters. The minimum atomic E-state index is 0.689. The van der Waals surface area contributed by atoms with Gasteiger partial charge >= 0.3 is 0 Å². The smallest absolute Gasteiger partial charge is 0.0406 e. The third-order valence-electron chi connectivity index (χ3n) is 3.20. The van der Waals surface area contributed by atoms with Gasteiger partial charge in [0.05, 0.1) is 0 Å². The molecule has 0 amide bonds. The zero-order valence-electron chi connectivity index (χ0n) is 9.50. The minimum Gasteiger partial charge on any atom is -0.299 e. The summed E-state index contributed by atoms with van der Waals surface area (Å²) >= 11 is 9.61. The highest BCUT2D eigenvalue weighted by Gasteiger charge is 2.23. The Hall–Kier alpha value is -0.0500. The van der Waals surface area contributed by atoms with E-state index in [9.17, 15) is 0 Å². The molecule has 1 saturated heterocycles. The van der Waals surface area contributed by atoms with Crippen LogP contribution >= 0.6 is 27.5 Å². The molecule has 0 spiro atoms. The summed E-state index contributed by atoms with van der Waals surface area (Å²) in [5, 5.41) is 0.816. The van der Waals surface area contributed by atoms with Crippen molar-refractivity contribution in [1.82, 2.24) is 4.90 Å². The average Bonchev–Trinajstić information content (AvgIpc) is 2.27. The van der Waals surface area contributed by atoms with Crippen molar-refractivity contribution in [3.8, 4) is 0 Å². The summed E-state index contributed by atoms with van der Waals surface area (Å²) in [6.45, 7) is 5.72. The maximum Gasteiger partial charge on any atom is 0.0406 e. The number of nitrogens with zero attached hydrogens (tertiary/aromatic N) is 1. The SMILES string of the molecule is CC1CN(Cc2ccc(Cl)cc2)CCC1Br. The summed E-state index contributed by atoms with van der Waals surface area (Å²) in [5.41, 5.74) is 1.35. The molecule has 1 fully saturated rings. The van der Waals surface area contributed by atoms with Gasteiger partial charge in [0.25, 0.3) is 0 Å². The van der Waals surface area contributed by atoms with E-state index in [2.05, 4.69) is 39.9 Å². The summed E-state index contributed by atoms with van der Waals surface area (Å²) in [5.74, 6) is 0.737. The van der Waals surface area contributed by atoms with Crippen molar-refractivity contribution in [2.24, 2.45) is 5.92 Å². The van der Waals surface area contributed by atoms with Crippen LogP contribution < -0.4 is 0 Å². The lowest BCUT2D eigenvalue weighted by atomic mass is 9.99. The van der Waals surface area contributed by atoms with Gasteiger partial charge in [-0.3, -0.25) is 4.90 Å². The quantitative estimate of drug-likeness (QED) is 0.748. The van der Waals surface area contributed by atoms with Crippen LogP contribution in [0.5, 0.6) is 0 Å². The Morgan fingerprint density at radius 2 is 2.06 bits per heavy atom. The second kappa shape index (κ2) is 5.52. The molecule has 1 aliphatic heterocycles. The fourth-order valence-corrected chi connectivity index (χ4v) is 2.69. The van der Waals surface area contributed by atoms with Crippen LogP contribution in [-0.4, -0.2) is 22.8 Å². The van der Waals surface area contributed by atoms with E-state index in [-0.39, 0.29) is 0 Å². The summed E-state index contributed by atoms with van der Waals surface area (Å²) in [4.78, 5) is 3.21. The number of likely N-dealkylation sites (tertiary alicyclic amines) is 1. The number of hydrogen-bond acceptors (Lipinski definition) is 1. The van der Waals surface area contributed by atoms with Gasteiger partial charge in [-0.05, 0) is 36.6 Å². The zero-order valence-corrected chi connectivity index (χ0v) is 11.8. The Kier molecular flexibility index (Phi) is 4.28. The Labute approximate surface area is 111 Å². The average molecular weight is 303 g/mol. The van der Waals surface area contributed by atoms with Crippen molar-refractivity contribution in [3.63, 3.8) is 0 Å². The van der Waals surface area contributed by atoms with Gasteiger partial charge in [-0.25, -0.2) is 0 Å². The van der Waals surface area contributed by atoms with Crippen LogP contribution in [0.4, 0.5) is 0 Å². The second-order valence-corrected chi connectivity index (χ2v) is 6.26. The molecule has 88 valence electrons. The molecule has 16 heavy (non-hydrogen) atoms. The van der Waals surface area contributed by atoms with E-state index >= 15 is 0 Å². The van der Waals surface area contributed by atoms with E-state index < -0.39 is 0 Å². The number of hydrogen-bond donors (Lipinski definition) is 0. The van der Waals surface area contributed by atoms with E-state index in [0.29, 0.717) is 4.83 Å². The predicted octanol–water partition coefficient (Wildman–Crippen LogP) is 3.95. The minimum absolute atomic E-state index is 0.689. The maximum absolute atomic E-state index is 5.88. The van der Waals surface area contributed by atoms with E-state index in [0.717, 1.165) is 17.5 Å². The molecule has 1 nitrogen and oxygen atoms in total. The van der Waals surface area contributed by atoms with E-state index in [4.69, 9.17) is 11.6 Å². The third kappa shape index (κ3) is 3.22. The van der Waals surface area contributed by atoms with Gasteiger partial charge in [0.15, 0.2) is 0 Å². The molecule has 2 rings (SSSR count). The number of halogens is 2. The van der Waals surface area contributed by atoms with Gasteiger partial charge in [0.2, 0.25) is 0 Å². The monoisotopic (exact) mass is 301 g/mol. The van der Waals surface area contributed by atoms with Gasteiger partial charge in [-0.2, -0.15) is 0 Å². The topological polar surface area (TPSA) is 3.24 Å². The predicted molar refractivity (Wildman–Crippen MR) is 73.2 cm³/mol. The maximum atomic E-state index is 5.88. The standard InChI is InChI=1S/C13H17BrClN/c1-10-8-16(7-6-13(10)14)9-11-2-4-12(15)5-3-11/h2-5,10,13H,6-9H2,1H3. The normalized spacial score (nSPS) is 26.9. The summed E-state index contributed by atoms with van der Waals surface area (Å²) in [7, 11) is 0. The summed E-state index contributed by atoms with van der Waals surface area (Å²) in [6, 6.07) is 8.18. The van der Waals surface area contributed by atoms with Crippen LogP contribution in [-0.2, 0) is 6.54 Å². The van der Waals surface area contributed by atoms with Crippen LogP contribution in [0.25, 0.3) is 0 Å². The molecule has 3 heteroatoms. The first-order chi connectivity index (χ1) is 7.65. The zero-order chi connectivity index (χ0) is 11.5. The molecular formula is C13H17BrClN. The van der Waals surface area contributed by atoms with Gasteiger partial charge in [0.1, 0.15) is 0 Å². The molecule has 0 radical (unpaired) electrons. The highest BCUT2D eigenvalue weighted by Crippen LogP contribution is 2.24. The molecule has 2 unspecified atom stereocenters. The number of benzene rings is 1. The molecule has 0 saturated carbocycles. The van der Waals surface area contributed by atoms with Crippen LogP contribution in [0.3, 0.4) is 0 Å². The molecule has 0 aromatic heterocycles. The Bertz CT molecular complexity index is 338. The lowest BCUT2D eigenvalue weighted by Crippen LogP contribution is -2.39. The number of piperidine rings is 1. The molecule has 1 aliphatic rings. The van der Waals surface area contributed by atoms with Gasteiger partial charge in [0, 0.05) is 22.9 Å². The summed E-state index contributed by atoms with van der Waals surface area (Å²) < 4.78 is 0. The Morgan fingerprint density at radius 1 is 1.38 bits per heavy atom. The van der Waals surface area contributed by atoms with Gasteiger partial charge < -0.3 is 0 Å². The fourth-order valence-electron chi connectivity index (χ4n) is 2.19. The first-order valence-electron chi connectivity index (χ1n) is 5.76.